The Bertz CT molecular complexity index is 1140. The number of benzene rings is 1. The number of imidazole rings is 1. The van der Waals surface area contributed by atoms with Gasteiger partial charge in [-0.3, -0.25) is 9.78 Å². The molecule has 3 aliphatic heterocycles. The van der Waals surface area contributed by atoms with Crippen molar-refractivity contribution in [2.24, 2.45) is 5.41 Å². The van der Waals surface area contributed by atoms with Crippen molar-refractivity contribution in [1.82, 2.24) is 14.5 Å². The van der Waals surface area contributed by atoms with Crippen LogP contribution < -0.4 is 14.4 Å². The number of fused-ring (bicyclic) bond motifs is 1. The monoisotopic (exact) mass is 432 g/mol. The Balaban J connectivity index is 1.15. The number of piperidine rings is 1. The van der Waals surface area contributed by atoms with E-state index >= 15 is 0 Å². The zero-order valence-electron chi connectivity index (χ0n) is 17.6. The number of esters is 1. The maximum absolute atomic E-state index is 12.8. The summed E-state index contributed by atoms with van der Waals surface area (Å²) < 4.78 is 18.6. The minimum Gasteiger partial charge on any atom is -0.460 e. The van der Waals surface area contributed by atoms with Gasteiger partial charge in [0.25, 0.3) is 0 Å². The Morgan fingerprint density at radius 3 is 2.78 bits per heavy atom. The van der Waals surface area contributed by atoms with Crippen molar-refractivity contribution in [1.29, 1.82) is 0 Å². The number of cyclic esters (lactones) is 1. The highest BCUT2D eigenvalue weighted by Gasteiger charge is 2.50. The average Bonchev–Trinajstić information content (AvgIpc) is 3.56. The van der Waals surface area contributed by atoms with Crippen LogP contribution in [-0.4, -0.2) is 46.5 Å². The highest BCUT2D eigenvalue weighted by Crippen LogP contribution is 2.44. The van der Waals surface area contributed by atoms with E-state index in [0.29, 0.717) is 6.54 Å². The third-order valence-electron chi connectivity index (χ3n) is 6.80. The Kier molecular flexibility index (Phi) is 4.52. The molecule has 6 rings (SSSR count). The molecule has 8 heteroatoms. The number of rotatable bonds is 4. The molecule has 0 N–H and O–H groups in total. The van der Waals surface area contributed by atoms with Crippen LogP contribution in [0.15, 0.2) is 55.2 Å². The fourth-order valence-electron chi connectivity index (χ4n) is 5.00. The number of carbonyl (C=O) groups is 1. The van der Waals surface area contributed by atoms with Gasteiger partial charge in [-0.15, -0.1) is 0 Å². The maximum atomic E-state index is 12.8. The number of hydrogen-bond donors (Lipinski definition) is 0. The first-order valence-corrected chi connectivity index (χ1v) is 11.0. The van der Waals surface area contributed by atoms with Gasteiger partial charge in [-0.2, -0.15) is 0 Å². The molecule has 2 aromatic heterocycles. The zero-order valence-corrected chi connectivity index (χ0v) is 17.6. The fourth-order valence-corrected chi connectivity index (χ4v) is 5.00. The molecule has 32 heavy (non-hydrogen) atoms. The van der Waals surface area contributed by atoms with E-state index < -0.39 is 0 Å². The highest BCUT2D eigenvalue weighted by molar-refractivity contribution is 5.79. The number of ether oxygens (including phenoxy) is 3. The van der Waals surface area contributed by atoms with Crippen molar-refractivity contribution in [2.45, 2.75) is 31.9 Å². The van der Waals surface area contributed by atoms with Crippen LogP contribution in [0.1, 0.15) is 19.3 Å². The first kappa shape index (κ1) is 19.2. The van der Waals surface area contributed by atoms with Crippen molar-refractivity contribution in [3.63, 3.8) is 0 Å². The van der Waals surface area contributed by atoms with E-state index in [1.165, 1.54) is 0 Å². The summed E-state index contributed by atoms with van der Waals surface area (Å²) in [5, 5.41) is 0. The Hall–Kier alpha value is -3.55. The van der Waals surface area contributed by atoms with E-state index in [1.807, 2.05) is 41.2 Å². The molecule has 1 atom stereocenters. The largest absolute Gasteiger partial charge is 0.460 e. The van der Waals surface area contributed by atoms with Crippen LogP contribution in [0.2, 0.25) is 0 Å². The van der Waals surface area contributed by atoms with Crippen molar-refractivity contribution < 1.29 is 19.0 Å². The van der Waals surface area contributed by atoms with Gasteiger partial charge in [-0.05, 0) is 43.2 Å². The van der Waals surface area contributed by atoms with Gasteiger partial charge < -0.3 is 23.7 Å². The summed E-state index contributed by atoms with van der Waals surface area (Å²) in [5.41, 5.74) is 2.63. The number of anilines is 1. The molecule has 3 aromatic rings. The summed E-state index contributed by atoms with van der Waals surface area (Å²) in [5.74, 6) is 1.47. The van der Waals surface area contributed by atoms with Gasteiger partial charge >= 0.3 is 5.97 Å². The zero-order chi connectivity index (χ0) is 21.5. The molecular weight excluding hydrogens is 408 g/mol. The molecule has 2 saturated heterocycles. The van der Waals surface area contributed by atoms with Gasteiger partial charge in [0.15, 0.2) is 11.5 Å². The van der Waals surface area contributed by atoms with E-state index in [1.54, 1.807) is 12.5 Å². The number of nitrogens with zero attached hydrogens (tertiary/aromatic N) is 4. The van der Waals surface area contributed by atoms with Crippen molar-refractivity contribution in [2.75, 3.05) is 24.8 Å². The van der Waals surface area contributed by atoms with Crippen molar-refractivity contribution in [3.05, 3.63) is 55.2 Å². The lowest BCUT2D eigenvalue weighted by Crippen LogP contribution is -2.42. The van der Waals surface area contributed by atoms with Gasteiger partial charge in [-0.1, -0.05) is 0 Å². The number of hydrogen-bond acceptors (Lipinski definition) is 7. The molecule has 8 nitrogen and oxygen atoms in total. The quantitative estimate of drug-likeness (QED) is 0.586. The smallest absolute Gasteiger partial charge is 0.312 e. The minimum atomic E-state index is -0.366. The van der Waals surface area contributed by atoms with Crippen LogP contribution in [0.25, 0.3) is 11.3 Å². The predicted molar refractivity (Wildman–Crippen MR) is 116 cm³/mol. The third-order valence-corrected chi connectivity index (χ3v) is 6.80. The Labute approximate surface area is 185 Å². The lowest BCUT2D eigenvalue weighted by Gasteiger charge is -2.37. The van der Waals surface area contributed by atoms with Crippen LogP contribution in [0.4, 0.5) is 5.69 Å². The molecule has 1 spiro atoms. The number of carbonyl (C=O) groups excluding carboxylic acids is 1. The van der Waals surface area contributed by atoms with E-state index in [4.69, 9.17) is 14.2 Å². The molecule has 0 saturated carbocycles. The molecule has 5 heterocycles. The van der Waals surface area contributed by atoms with Crippen molar-refractivity contribution in [3.8, 4) is 22.8 Å². The van der Waals surface area contributed by atoms with Crippen LogP contribution in [0, 0.1) is 5.41 Å². The Morgan fingerprint density at radius 2 is 1.94 bits per heavy atom. The number of pyridine rings is 1. The second-order valence-corrected chi connectivity index (χ2v) is 8.73. The molecule has 3 aliphatic rings. The third kappa shape index (κ3) is 3.36. The average molecular weight is 432 g/mol. The lowest BCUT2D eigenvalue weighted by atomic mass is 9.76. The summed E-state index contributed by atoms with van der Waals surface area (Å²) in [6.45, 7) is 2.56. The summed E-state index contributed by atoms with van der Waals surface area (Å²) in [4.78, 5) is 23.7. The van der Waals surface area contributed by atoms with E-state index in [-0.39, 0.29) is 24.3 Å². The molecule has 164 valence electrons. The highest BCUT2D eigenvalue weighted by atomic mass is 16.7. The SMILES string of the molecule is O=C1OC(Cn2ccnc2)CC12CCN(c1ccnc(-c3ccc4c(c3)OCO4)c1)CC2. The fraction of sp³-hybridized carbons (Fsp3) is 0.375. The molecule has 0 bridgehead atoms. The van der Waals surface area contributed by atoms with E-state index in [9.17, 15) is 4.79 Å². The van der Waals surface area contributed by atoms with E-state index in [2.05, 4.69) is 20.9 Å². The number of aromatic nitrogens is 3. The van der Waals surface area contributed by atoms with Gasteiger partial charge in [0, 0.05) is 49.4 Å². The molecular formula is C24H24N4O4. The topological polar surface area (TPSA) is 78.7 Å². The van der Waals surface area contributed by atoms with Gasteiger partial charge in [0.2, 0.25) is 6.79 Å². The summed E-state index contributed by atoms with van der Waals surface area (Å²) in [6.07, 6.45) is 9.55. The first-order valence-electron chi connectivity index (χ1n) is 11.0. The predicted octanol–water partition coefficient (Wildman–Crippen LogP) is 3.28. The van der Waals surface area contributed by atoms with Crippen LogP contribution >= 0.6 is 0 Å². The summed E-state index contributed by atoms with van der Waals surface area (Å²) >= 11 is 0. The first-order chi connectivity index (χ1) is 15.7. The van der Waals surface area contributed by atoms with Gasteiger partial charge in [0.05, 0.1) is 24.0 Å². The van der Waals surface area contributed by atoms with Crippen molar-refractivity contribution >= 4 is 11.7 Å². The molecule has 1 unspecified atom stereocenters. The standard InChI is InChI=1S/C24H24N4O4/c29-23-24(13-19(32-23)14-27-10-7-25-15-27)4-8-28(9-5-24)18-3-6-26-20(12-18)17-1-2-21-22(11-17)31-16-30-21/h1-3,6-7,10-12,15,19H,4-5,8-9,13-14,16H2. The Morgan fingerprint density at radius 1 is 1.06 bits per heavy atom. The van der Waals surface area contributed by atoms with Gasteiger partial charge in [0.1, 0.15) is 6.10 Å². The van der Waals surface area contributed by atoms with Crippen LogP contribution in [0.5, 0.6) is 11.5 Å². The minimum absolute atomic E-state index is 0.0435. The molecule has 1 aromatic carbocycles. The van der Waals surface area contributed by atoms with Crippen LogP contribution in [-0.2, 0) is 16.1 Å². The molecule has 2 fully saturated rings. The lowest BCUT2D eigenvalue weighted by molar-refractivity contribution is -0.150. The molecule has 0 aliphatic carbocycles. The normalized spacial score (nSPS) is 21.2. The molecule has 0 amide bonds. The second-order valence-electron chi connectivity index (χ2n) is 8.73. The maximum Gasteiger partial charge on any atom is 0.312 e. The summed E-state index contributed by atoms with van der Waals surface area (Å²) in [7, 11) is 0. The second kappa shape index (κ2) is 7.55. The van der Waals surface area contributed by atoms with Gasteiger partial charge in [-0.25, -0.2) is 4.98 Å². The van der Waals surface area contributed by atoms with Crippen LogP contribution in [0.3, 0.4) is 0 Å². The van der Waals surface area contributed by atoms with E-state index in [0.717, 1.165) is 60.8 Å². The summed E-state index contributed by atoms with van der Waals surface area (Å²) in [6, 6.07) is 10.0. The molecule has 0 radical (unpaired) electrons.